The van der Waals surface area contributed by atoms with Crippen molar-refractivity contribution in [2.75, 3.05) is 18.2 Å². The van der Waals surface area contributed by atoms with Crippen LogP contribution in [0.3, 0.4) is 0 Å². The average molecular weight is 375 g/mol. The van der Waals surface area contributed by atoms with Gasteiger partial charge in [-0.25, -0.2) is 4.68 Å². The Kier molecular flexibility index (Phi) is 5.34. The van der Waals surface area contributed by atoms with Crippen molar-refractivity contribution in [3.8, 4) is 16.5 Å². The van der Waals surface area contributed by atoms with Crippen LogP contribution in [0.1, 0.15) is 26.3 Å². The normalized spacial score (nSPS) is 11.6. The monoisotopic (exact) mass is 374 g/mol. The van der Waals surface area contributed by atoms with Crippen LogP contribution in [0.15, 0.2) is 46.9 Å². The number of aromatic nitrogens is 3. The summed E-state index contributed by atoms with van der Waals surface area (Å²) in [7, 11) is 0. The predicted molar refractivity (Wildman–Crippen MR) is 105 cm³/mol. The highest BCUT2D eigenvalue weighted by molar-refractivity contribution is 7.99. The van der Waals surface area contributed by atoms with Gasteiger partial charge in [-0.2, -0.15) is 0 Å². The fourth-order valence-corrected chi connectivity index (χ4v) is 3.67. The van der Waals surface area contributed by atoms with Crippen LogP contribution >= 0.6 is 23.1 Å². The molecule has 132 valence electrons. The number of benzene rings is 1. The van der Waals surface area contributed by atoms with Crippen LogP contribution < -0.4 is 10.6 Å². The van der Waals surface area contributed by atoms with E-state index >= 15 is 0 Å². The third kappa shape index (κ3) is 4.35. The highest BCUT2D eigenvalue weighted by Gasteiger charge is 2.14. The van der Waals surface area contributed by atoms with Gasteiger partial charge in [0.1, 0.15) is 5.75 Å². The van der Waals surface area contributed by atoms with Gasteiger partial charge in [0.15, 0.2) is 5.82 Å². The molecule has 0 unspecified atom stereocenters. The van der Waals surface area contributed by atoms with Crippen molar-refractivity contribution in [2.45, 2.75) is 31.3 Å². The Morgan fingerprint density at radius 1 is 1.16 bits per heavy atom. The summed E-state index contributed by atoms with van der Waals surface area (Å²) in [5.74, 6) is 8.40. The molecule has 2 N–H and O–H groups in total. The molecule has 2 aromatic heterocycles. The summed E-state index contributed by atoms with van der Waals surface area (Å²) in [5, 5.41) is 11.0. The first kappa shape index (κ1) is 17.8. The van der Waals surface area contributed by atoms with Crippen molar-refractivity contribution in [2.24, 2.45) is 0 Å². The largest absolute Gasteiger partial charge is 0.493 e. The van der Waals surface area contributed by atoms with Crippen LogP contribution in [0.5, 0.6) is 5.75 Å². The van der Waals surface area contributed by atoms with E-state index < -0.39 is 0 Å². The van der Waals surface area contributed by atoms with Gasteiger partial charge in [-0.3, -0.25) is 0 Å². The fourth-order valence-electron chi connectivity index (χ4n) is 2.29. The molecule has 0 saturated heterocycles. The van der Waals surface area contributed by atoms with Gasteiger partial charge < -0.3 is 10.6 Å². The van der Waals surface area contributed by atoms with Crippen molar-refractivity contribution in [3.05, 3.63) is 47.3 Å². The number of nitrogens with two attached hydrogens (primary N) is 1. The number of rotatable bonds is 6. The number of thiophene rings is 1. The van der Waals surface area contributed by atoms with Gasteiger partial charge in [0.2, 0.25) is 5.16 Å². The van der Waals surface area contributed by atoms with E-state index in [1.54, 1.807) is 11.3 Å². The summed E-state index contributed by atoms with van der Waals surface area (Å²) in [6, 6.07) is 12.2. The summed E-state index contributed by atoms with van der Waals surface area (Å²) in [6.45, 7) is 7.19. The van der Waals surface area contributed by atoms with Gasteiger partial charge in [0.25, 0.3) is 0 Å². The second-order valence-corrected chi connectivity index (χ2v) is 8.63. The predicted octanol–water partition coefficient (Wildman–Crippen LogP) is 4.19. The van der Waals surface area contributed by atoms with Gasteiger partial charge in [-0.15, -0.1) is 21.5 Å². The summed E-state index contributed by atoms with van der Waals surface area (Å²) in [4.78, 5) is 1.01. The minimum Gasteiger partial charge on any atom is -0.493 e. The Morgan fingerprint density at radius 3 is 2.56 bits per heavy atom. The molecule has 0 aliphatic carbocycles. The minimum absolute atomic E-state index is 0.153. The molecule has 0 spiro atoms. The first-order valence-corrected chi connectivity index (χ1v) is 9.92. The standard InChI is InChI=1S/C18H22N4OS2/c1-18(2,3)13-6-8-14(9-7-13)23-10-12-25-17-21-20-16(22(17)19)15-5-4-11-24-15/h4-9,11H,10,12,19H2,1-3H3. The molecular weight excluding hydrogens is 352 g/mol. The fraction of sp³-hybridized carbons (Fsp3) is 0.333. The van der Waals surface area contributed by atoms with E-state index in [0.29, 0.717) is 17.6 Å². The molecule has 0 amide bonds. The highest BCUT2D eigenvalue weighted by atomic mass is 32.2. The van der Waals surface area contributed by atoms with Crippen LogP contribution in [-0.2, 0) is 5.41 Å². The van der Waals surface area contributed by atoms with Crippen molar-refractivity contribution in [1.82, 2.24) is 14.9 Å². The smallest absolute Gasteiger partial charge is 0.210 e. The Balaban J connectivity index is 1.51. The number of ether oxygens (including phenoxy) is 1. The Morgan fingerprint density at radius 2 is 1.92 bits per heavy atom. The molecule has 0 saturated carbocycles. The van der Waals surface area contributed by atoms with E-state index in [2.05, 4.69) is 43.1 Å². The lowest BCUT2D eigenvalue weighted by atomic mass is 9.87. The number of hydrogen-bond donors (Lipinski definition) is 1. The summed E-state index contributed by atoms with van der Waals surface area (Å²) in [5.41, 5.74) is 1.45. The van der Waals surface area contributed by atoms with Crippen molar-refractivity contribution in [1.29, 1.82) is 0 Å². The summed E-state index contributed by atoms with van der Waals surface area (Å²) >= 11 is 3.13. The zero-order chi connectivity index (χ0) is 17.9. The first-order chi connectivity index (χ1) is 11.9. The lowest BCUT2D eigenvalue weighted by Gasteiger charge is -2.19. The molecule has 0 fully saturated rings. The summed E-state index contributed by atoms with van der Waals surface area (Å²) < 4.78 is 7.33. The third-order valence-corrected chi connectivity index (χ3v) is 5.48. The summed E-state index contributed by atoms with van der Waals surface area (Å²) in [6.07, 6.45) is 0. The number of nitrogens with zero attached hydrogens (tertiary/aromatic N) is 3. The van der Waals surface area contributed by atoms with E-state index in [0.717, 1.165) is 16.4 Å². The van der Waals surface area contributed by atoms with E-state index in [1.807, 2.05) is 29.6 Å². The van der Waals surface area contributed by atoms with Gasteiger partial charge in [-0.1, -0.05) is 50.7 Å². The first-order valence-electron chi connectivity index (χ1n) is 8.05. The zero-order valence-corrected chi connectivity index (χ0v) is 16.2. The lowest BCUT2D eigenvalue weighted by Crippen LogP contribution is -2.12. The molecular formula is C18H22N4OS2. The molecule has 0 aliphatic rings. The average Bonchev–Trinajstić information content (AvgIpc) is 3.21. The zero-order valence-electron chi connectivity index (χ0n) is 14.6. The molecule has 2 heterocycles. The molecule has 5 nitrogen and oxygen atoms in total. The molecule has 0 radical (unpaired) electrons. The maximum atomic E-state index is 6.08. The topological polar surface area (TPSA) is 66.0 Å². The minimum atomic E-state index is 0.153. The van der Waals surface area contributed by atoms with Crippen LogP contribution in [0.2, 0.25) is 0 Å². The Labute approximate surface area is 156 Å². The van der Waals surface area contributed by atoms with E-state index in [9.17, 15) is 0 Å². The second-order valence-electron chi connectivity index (χ2n) is 6.62. The van der Waals surface area contributed by atoms with Gasteiger partial charge >= 0.3 is 0 Å². The van der Waals surface area contributed by atoms with Crippen molar-refractivity contribution < 1.29 is 4.74 Å². The molecule has 3 rings (SSSR count). The molecule has 0 aliphatic heterocycles. The lowest BCUT2D eigenvalue weighted by molar-refractivity contribution is 0.343. The maximum Gasteiger partial charge on any atom is 0.210 e. The highest BCUT2D eigenvalue weighted by Crippen LogP contribution is 2.26. The number of thioether (sulfide) groups is 1. The van der Waals surface area contributed by atoms with Crippen molar-refractivity contribution in [3.63, 3.8) is 0 Å². The van der Waals surface area contributed by atoms with E-state index in [4.69, 9.17) is 10.6 Å². The van der Waals surface area contributed by atoms with E-state index in [-0.39, 0.29) is 5.41 Å². The SMILES string of the molecule is CC(C)(C)c1ccc(OCCSc2nnc(-c3cccs3)n2N)cc1. The van der Waals surface area contributed by atoms with Gasteiger partial charge in [0, 0.05) is 5.75 Å². The maximum absolute atomic E-state index is 6.08. The third-order valence-electron chi connectivity index (χ3n) is 3.71. The van der Waals surface area contributed by atoms with E-state index in [1.165, 1.54) is 22.0 Å². The van der Waals surface area contributed by atoms with Crippen LogP contribution in [0, 0.1) is 0 Å². The second kappa shape index (κ2) is 7.49. The van der Waals surface area contributed by atoms with Crippen LogP contribution in [0.4, 0.5) is 0 Å². The molecule has 0 atom stereocenters. The van der Waals surface area contributed by atoms with Crippen LogP contribution in [-0.4, -0.2) is 27.2 Å². The molecule has 25 heavy (non-hydrogen) atoms. The molecule has 7 heteroatoms. The number of nitrogen functional groups attached to an aromatic ring is 1. The van der Waals surface area contributed by atoms with Gasteiger partial charge in [-0.05, 0) is 34.6 Å². The Hall–Kier alpha value is -1.99. The molecule has 0 bridgehead atoms. The molecule has 3 aromatic rings. The number of hydrogen-bond acceptors (Lipinski definition) is 6. The van der Waals surface area contributed by atoms with Crippen molar-refractivity contribution >= 4 is 23.1 Å². The molecule has 1 aromatic carbocycles. The quantitative estimate of drug-likeness (QED) is 0.398. The van der Waals surface area contributed by atoms with Crippen LogP contribution in [0.25, 0.3) is 10.7 Å². The Bertz CT molecular complexity index is 805. The van der Waals surface area contributed by atoms with Gasteiger partial charge in [0.05, 0.1) is 11.5 Å².